The van der Waals surface area contributed by atoms with Gasteiger partial charge in [0.05, 0.1) is 5.56 Å². The third kappa shape index (κ3) is 3.06. The van der Waals surface area contributed by atoms with E-state index in [1.54, 1.807) is 6.20 Å². The molecule has 1 amide bonds. The van der Waals surface area contributed by atoms with Gasteiger partial charge in [-0.15, -0.1) is 0 Å². The molecule has 0 aliphatic rings. The fraction of sp³-hybridized carbons (Fsp3) is 0.357. The lowest BCUT2D eigenvalue weighted by atomic mass is 10.1. The largest absolute Gasteiger partial charge is 0.399 e. The van der Waals surface area contributed by atoms with Crippen molar-refractivity contribution in [1.82, 2.24) is 15.2 Å². The Balaban J connectivity index is 2.07. The molecule has 5 nitrogen and oxygen atoms in total. The smallest absolute Gasteiger partial charge is 0.253 e. The van der Waals surface area contributed by atoms with E-state index in [0.29, 0.717) is 17.8 Å². The molecule has 0 spiro atoms. The highest BCUT2D eigenvalue weighted by Gasteiger charge is 2.11. The molecule has 0 saturated heterocycles. The number of rotatable bonds is 5. The van der Waals surface area contributed by atoms with Gasteiger partial charge in [0.15, 0.2) is 0 Å². The van der Waals surface area contributed by atoms with E-state index in [-0.39, 0.29) is 5.91 Å². The number of nitrogen functional groups attached to an aromatic ring is 1. The van der Waals surface area contributed by atoms with Gasteiger partial charge in [0.1, 0.15) is 0 Å². The summed E-state index contributed by atoms with van der Waals surface area (Å²) in [6, 6.07) is 5.52. The number of H-pyrrole nitrogens is 1. The van der Waals surface area contributed by atoms with Crippen LogP contribution in [0.4, 0.5) is 5.69 Å². The summed E-state index contributed by atoms with van der Waals surface area (Å²) >= 11 is 0. The number of aromatic amines is 1. The summed E-state index contributed by atoms with van der Waals surface area (Å²) in [6.45, 7) is 4.54. The van der Waals surface area contributed by atoms with E-state index in [0.717, 1.165) is 24.0 Å². The third-order valence-electron chi connectivity index (χ3n) is 3.27. The molecule has 0 saturated carbocycles. The van der Waals surface area contributed by atoms with Crippen LogP contribution < -0.4 is 11.1 Å². The number of nitrogens with two attached hydrogens (primary N) is 1. The molecule has 102 valence electrons. The predicted molar refractivity (Wildman–Crippen MR) is 78.2 cm³/mol. The molecular weight excluding hydrogens is 240 g/mol. The van der Waals surface area contributed by atoms with Gasteiger partial charge in [0.2, 0.25) is 0 Å². The Labute approximate surface area is 112 Å². The second kappa shape index (κ2) is 5.75. The lowest BCUT2D eigenvalue weighted by molar-refractivity contribution is 0.0952. The molecule has 0 aliphatic carbocycles. The Morgan fingerprint density at radius 3 is 3.00 bits per heavy atom. The number of hydrogen-bond donors (Lipinski definition) is 3. The predicted octanol–water partition coefficient (Wildman–Crippen LogP) is 1.43. The van der Waals surface area contributed by atoms with Crippen LogP contribution in [-0.2, 0) is 0 Å². The van der Waals surface area contributed by atoms with E-state index < -0.39 is 0 Å². The van der Waals surface area contributed by atoms with Crippen LogP contribution in [0.1, 0.15) is 17.3 Å². The number of hydrogen-bond acceptors (Lipinski definition) is 3. The van der Waals surface area contributed by atoms with Gasteiger partial charge in [-0.05, 0) is 31.8 Å². The van der Waals surface area contributed by atoms with E-state index in [1.807, 2.05) is 25.2 Å². The molecule has 1 heterocycles. The lowest BCUT2D eigenvalue weighted by Crippen LogP contribution is -2.32. The number of nitrogens with zero attached hydrogens (tertiary/aromatic N) is 1. The monoisotopic (exact) mass is 260 g/mol. The van der Waals surface area contributed by atoms with Gasteiger partial charge in [0, 0.05) is 35.9 Å². The first-order valence-electron chi connectivity index (χ1n) is 6.45. The quantitative estimate of drug-likeness (QED) is 0.712. The minimum Gasteiger partial charge on any atom is -0.399 e. The summed E-state index contributed by atoms with van der Waals surface area (Å²) in [7, 11) is 2.03. The average Bonchev–Trinajstić information content (AvgIpc) is 2.81. The summed E-state index contributed by atoms with van der Waals surface area (Å²) in [6.07, 6.45) is 1.73. The first-order valence-corrected chi connectivity index (χ1v) is 6.45. The number of aromatic nitrogens is 1. The molecule has 19 heavy (non-hydrogen) atoms. The normalized spacial score (nSPS) is 11.1. The van der Waals surface area contributed by atoms with Crippen molar-refractivity contribution in [2.75, 3.05) is 32.4 Å². The van der Waals surface area contributed by atoms with Crippen LogP contribution in [-0.4, -0.2) is 42.5 Å². The first kappa shape index (κ1) is 13.4. The number of nitrogens with one attached hydrogen (secondary N) is 2. The Kier molecular flexibility index (Phi) is 4.06. The van der Waals surface area contributed by atoms with Crippen molar-refractivity contribution >= 4 is 22.5 Å². The SMILES string of the molecule is CCN(C)CCNC(=O)c1c[nH]c2ccc(N)cc12. The molecule has 4 N–H and O–H groups in total. The van der Waals surface area contributed by atoms with E-state index >= 15 is 0 Å². The highest BCUT2D eigenvalue weighted by atomic mass is 16.1. The van der Waals surface area contributed by atoms with Crippen LogP contribution in [0.15, 0.2) is 24.4 Å². The van der Waals surface area contributed by atoms with Gasteiger partial charge >= 0.3 is 0 Å². The molecule has 1 aromatic carbocycles. The number of fused-ring (bicyclic) bond motifs is 1. The standard InChI is InChI=1S/C14H20N4O/c1-3-18(2)7-6-16-14(19)12-9-17-13-5-4-10(15)8-11(12)13/h4-5,8-9,17H,3,6-7,15H2,1-2H3,(H,16,19). The number of amides is 1. The second-order valence-corrected chi connectivity index (χ2v) is 4.66. The molecule has 0 atom stereocenters. The average molecular weight is 260 g/mol. The summed E-state index contributed by atoms with van der Waals surface area (Å²) in [5.74, 6) is -0.0682. The topological polar surface area (TPSA) is 74.2 Å². The lowest BCUT2D eigenvalue weighted by Gasteiger charge is -2.13. The van der Waals surface area contributed by atoms with Gasteiger partial charge in [-0.25, -0.2) is 0 Å². The van der Waals surface area contributed by atoms with Gasteiger partial charge in [-0.2, -0.15) is 0 Å². The van der Waals surface area contributed by atoms with Gasteiger partial charge in [0.25, 0.3) is 5.91 Å². The zero-order chi connectivity index (χ0) is 13.8. The number of anilines is 1. The Morgan fingerprint density at radius 2 is 2.26 bits per heavy atom. The van der Waals surface area contributed by atoms with Crippen molar-refractivity contribution in [3.8, 4) is 0 Å². The van der Waals surface area contributed by atoms with Crippen molar-refractivity contribution in [3.05, 3.63) is 30.0 Å². The Morgan fingerprint density at radius 1 is 1.47 bits per heavy atom. The maximum atomic E-state index is 12.1. The van der Waals surface area contributed by atoms with Gasteiger partial charge in [-0.1, -0.05) is 6.92 Å². The van der Waals surface area contributed by atoms with Crippen LogP contribution >= 0.6 is 0 Å². The molecule has 0 fully saturated rings. The molecule has 2 aromatic rings. The zero-order valence-corrected chi connectivity index (χ0v) is 11.4. The van der Waals surface area contributed by atoms with E-state index in [9.17, 15) is 4.79 Å². The molecule has 5 heteroatoms. The highest BCUT2D eigenvalue weighted by Crippen LogP contribution is 2.20. The molecule has 0 unspecified atom stereocenters. The number of benzene rings is 1. The minimum absolute atomic E-state index is 0.0682. The molecule has 0 radical (unpaired) electrons. The second-order valence-electron chi connectivity index (χ2n) is 4.66. The third-order valence-corrected chi connectivity index (χ3v) is 3.27. The maximum absolute atomic E-state index is 12.1. The zero-order valence-electron chi connectivity index (χ0n) is 11.4. The van der Waals surface area contributed by atoms with Crippen molar-refractivity contribution in [2.24, 2.45) is 0 Å². The molecule has 0 bridgehead atoms. The fourth-order valence-corrected chi connectivity index (χ4v) is 1.94. The first-order chi connectivity index (χ1) is 9.11. The van der Waals surface area contributed by atoms with Crippen molar-refractivity contribution in [1.29, 1.82) is 0 Å². The molecule has 0 aliphatic heterocycles. The van der Waals surface area contributed by atoms with Crippen LogP contribution in [0.25, 0.3) is 10.9 Å². The highest BCUT2D eigenvalue weighted by molar-refractivity contribution is 6.07. The molecule has 1 aromatic heterocycles. The van der Waals surface area contributed by atoms with Crippen molar-refractivity contribution < 1.29 is 4.79 Å². The molecular formula is C14H20N4O. The van der Waals surface area contributed by atoms with E-state index in [4.69, 9.17) is 5.73 Å². The summed E-state index contributed by atoms with van der Waals surface area (Å²) < 4.78 is 0. The van der Waals surface area contributed by atoms with Crippen molar-refractivity contribution in [2.45, 2.75) is 6.92 Å². The Hall–Kier alpha value is -2.01. The number of likely N-dealkylation sites (N-methyl/N-ethyl adjacent to an activating group) is 1. The fourth-order valence-electron chi connectivity index (χ4n) is 1.94. The summed E-state index contributed by atoms with van der Waals surface area (Å²) in [5.41, 5.74) is 7.98. The van der Waals surface area contributed by atoms with Crippen LogP contribution in [0.2, 0.25) is 0 Å². The van der Waals surface area contributed by atoms with Crippen molar-refractivity contribution in [3.63, 3.8) is 0 Å². The van der Waals surface area contributed by atoms with Gasteiger partial charge in [-0.3, -0.25) is 4.79 Å². The maximum Gasteiger partial charge on any atom is 0.253 e. The summed E-state index contributed by atoms with van der Waals surface area (Å²) in [4.78, 5) is 17.3. The Bertz CT molecular complexity index is 576. The van der Waals surface area contributed by atoms with Crippen LogP contribution in [0, 0.1) is 0 Å². The van der Waals surface area contributed by atoms with E-state index in [2.05, 4.69) is 22.1 Å². The number of carbonyl (C=O) groups is 1. The molecule has 2 rings (SSSR count). The summed E-state index contributed by atoms with van der Waals surface area (Å²) in [5, 5.41) is 3.78. The van der Waals surface area contributed by atoms with Crippen LogP contribution in [0.3, 0.4) is 0 Å². The van der Waals surface area contributed by atoms with Gasteiger partial charge < -0.3 is 20.9 Å². The van der Waals surface area contributed by atoms with Crippen LogP contribution in [0.5, 0.6) is 0 Å². The minimum atomic E-state index is -0.0682. The number of carbonyl (C=O) groups excluding carboxylic acids is 1. The van der Waals surface area contributed by atoms with E-state index in [1.165, 1.54) is 0 Å².